The van der Waals surface area contributed by atoms with Gasteiger partial charge in [-0.15, -0.1) is 0 Å². The van der Waals surface area contributed by atoms with Crippen molar-refractivity contribution in [2.24, 2.45) is 0 Å². The molecule has 4 aromatic carbocycles. The van der Waals surface area contributed by atoms with Crippen LogP contribution in [0.5, 0.6) is 0 Å². The molecule has 7 aromatic rings. The summed E-state index contributed by atoms with van der Waals surface area (Å²) in [5.41, 5.74) is 15.4. The molecule has 0 N–H and O–H groups in total. The normalized spacial score (nSPS) is 13.5. The van der Waals surface area contributed by atoms with Gasteiger partial charge >= 0.3 is 0 Å². The van der Waals surface area contributed by atoms with Gasteiger partial charge in [0.05, 0.1) is 11.0 Å². The second kappa shape index (κ2) is 6.13. The molecule has 35 heavy (non-hydrogen) atoms. The van der Waals surface area contributed by atoms with Gasteiger partial charge in [0.15, 0.2) is 0 Å². The minimum Gasteiger partial charge on any atom is -0.276 e. The lowest BCUT2D eigenvalue weighted by atomic mass is 9.92. The topological polar surface area (TPSA) is 30.2 Å². The van der Waals surface area contributed by atoms with Gasteiger partial charge in [-0.2, -0.15) is 0 Å². The van der Waals surface area contributed by atoms with Gasteiger partial charge in [-0.05, 0) is 99.1 Å². The third-order valence-corrected chi connectivity index (χ3v) is 8.03. The van der Waals surface area contributed by atoms with Crippen molar-refractivity contribution in [3.63, 3.8) is 0 Å². The quantitative estimate of drug-likeness (QED) is 0.229. The zero-order valence-corrected chi connectivity index (χ0v) is 18.9. The van der Waals surface area contributed by atoms with Gasteiger partial charge in [0.1, 0.15) is 11.3 Å². The van der Waals surface area contributed by atoms with Crippen molar-refractivity contribution in [2.45, 2.75) is 12.8 Å². The number of fused-ring (bicyclic) bond motifs is 15. The van der Waals surface area contributed by atoms with E-state index in [9.17, 15) is 0 Å². The van der Waals surface area contributed by atoms with Crippen molar-refractivity contribution in [2.75, 3.05) is 0 Å². The summed E-state index contributed by atoms with van der Waals surface area (Å²) in [6, 6.07) is 31.0. The molecule has 9 rings (SSSR count). The summed E-state index contributed by atoms with van der Waals surface area (Å²) in [6.45, 7) is 0. The first-order chi connectivity index (χ1) is 17.3. The van der Waals surface area contributed by atoms with E-state index in [4.69, 9.17) is 9.97 Å². The van der Waals surface area contributed by atoms with Crippen molar-refractivity contribution in [3.05, 3.63) is 113 Å². The van der Waals surface area contributed by atoms with Crippen LogP contribution >= 0.6 is 0 Å². The Bertz CT molecular complexity index is 2060. The lowest BCUT2D eigenvalue weighted by Gasteiger charge is -2.13. The molecule has 0 amide bonds. The Morgan fingerprint density at radius 3 is 2.31 bits per heavy atom. The standard InChI is InChI=1S/C32H19N3/c1-2-7-22-18(6-1)14-19-11-12-20-15-21-16-25-23-8-5-13-33-31(23)35-28-10-4-3-9-27(28)34-32(35)26(25)17-24(21)30(20)29(19)22/h1-13,16-17H,14-15H2. The number of hydrogen-bond acceptors (Lipinski definition) is 2. The lowest BCUT2D eigenvalue weighted by molar-refractivity contribution is 1.23. The SMILES string of the molecule is c1ccc2c(c1)Cc1ccc3c(c1-2)-c1cc2c(cc1C3)c1cccnc1n1c3ccccc3nc21. The van der Waals surface area contributed by atoms with Crippen molar-refractivity contribution < 1.29 is 0 Å². The van der Waals surface area contributed by atoms with E-state index >= 15 is 0 Å². The van der Waals surface area contributed by atoms with Crippen LogP contribution in [0.15, 0.2) is 91.1 Å². The molecule has 0 radical (unpaired) electrons. The van der Waals surface area contributed by atoms with Crippen LogP contribution in [0, 0.1) is 0 Å². The summed E-state index contributed by atoms with van der Waals surface area (Å²) in [7, 11) is 0. The van der Waals surface area contributed by atoms with E-state index in [2.05, 4.69) is 83.3 Å². The van der Waals surface area contributed by atoms with Gasteiger partial charge in [-0.3, -0.25) is 4.40 Å². The smallest absolute Gasteiger partial charge is 0.147 e. The fraction of sp³-hybridized carbons (Fsp3) is 0.0625. The fourth-order valence-corrected chi connectivity index (χ4v) is 6.57. The minimum absolute atomic E-state index is 0.967. The Balaban J connectivity index is 1.45. The number of aromatic nitrogens is 3. The average Bonchev–Trinajstić information content (AvgIpc) is 3.58. The second-order valence-corrected chi connectivity index (χ2v) is 9.83. The molecule has 3 nitrogen and oxygen atoms in total. The number of imidazole rings is 1. The highest BCUT2D eigenvalue weighted by atomic mass is 15.1. The molecule has 0 spiro atoms. The first-order valence-electron chi connectivity index (χ1n) is 12.2. The zero-order chi connectivity index (χ0) is 22.7. The van der Waals surface area contributed by atoms with Crippen LogP contribution in [0.2, 0.25) is 0 Å². The highest BCUT2D eigenvalue weighted by Gasteiger charge is 2.29. The van der Waals surface area contributed by atoms with E-state index < -0.39 is 0 Å². The van der Waals surface area contributed by atoms with E-state index in [0.717, 1.165) is 35.2 Å². The highest BCUT2D eigenvalue weighted by molar-refractivity contribution is 6.15. The lowest BCUT2D eigenvalue weighted by Crippen LogP contribution is -1.95. The summed E-state index contributed by atoms with van der Waals surface area (Å²) < 4.78 is 2.24. The van der Waals surface area contributed by atoms with Gasteiger partial charge in [0.2, 0.25) is 0 Å². The molecule has 2 aliphatic rings. The minimum atomic E-state index is 0.967. The maximum atomic E-state index is 5.11. The molecule has 0 bridgehead atoms. The number of nitrogens with zero attached hydrogens (tertiary/aromatic N) is 3. The summed E-state index contributed by atoms with van der Waals surface area (Å²) >= 11 is 0. The average molecular weight is 446 g/mol. The van der Waals surface area contributed by atoms with E-state index in [0.29, 0.717) is 0 Å². The molecule has 162 valence electrons. The maximum absolute atomic E-state index is 5.11. The summed E-state index contributed by atoms with van der Waals surface area (Å²) in [5.74, 6) is 0. The molecule has 2 aliphatic carbocycles. The van der Waals surface area contributed by atoms with Gasteiger partial charge in [0, 0.05) is 17.0 Å². The van der Waals surface area contributed by atoms with Gasteiger partial charge in [-0.1, -0.05) is 48.5 Å². The van der Waals surface area contributed by atoms with E-state index in [1.807, 2.05) is 12.3 Å². The van der Waals surface area contributed by atoms with Crippen LogP contribution in [-0.4, -0.2) is 14.4 Å². The number of pyridine rings is 2. The molecule has 0 saturated carbocycles. The number of benzene rings is 4. The van der Waals surface area contributed by atoms with Gasteiger partial charge in [-0.25, -0.2) is 9.97 Å². The zero-order valence-electron chi connectivity index (χ0n) is 18.9. The van der Waals surface area contributed by atoms with E-state index in [1.54, 1.807) is 0 Å². The Hall–Kier alpha value is -4.50. The van der Waals surface area contributed by atoms with Crippen LogP contribution in [0.25, 0.3) is 60.7 Å². The molecule has 0 aliphatic heterocycles. The largest absolute Gasteiger partial charge is 0.276 e. The molecular weight excluding hydrogens is 426 g/mol. The third kappa shape index (κ3) is 2.17. The van der Waals surface area contributed by atoms with Crippen LogP contribution < -0.4 is 0 Å². The number of para-hydroxylation sites is 2. The maximum Gasteiger partial charge on any atom is 0.147 e. The second-order valence-electron chi connectivity index (χ2n) is 9.83. The van der Waals surface area contributed by atoms with Crippen LogP contribution in [0.4, 0.5) is 0 Å². The van der Waals surface area contributed by atoms with E-state index in [1.165, 1.54) is 60.7 Å². The molecule has 0 unspecified atom stereocenters. The van der Waals surface area contributed by atoms with Gasteiger partial charge in [0.25, 0.3) is 0 Å². The Kier molecular flexibility index (Phi) is 3.14. The molecule has 3 heterocycles. The van der Waals surface area contributed by atoms with E-state index in [-0.39, 0.29) is 0 Å². The molecule has 0 fully saturated rings. The third-order valence-electron chi connectivity index (χ3n) is 8.03. The first-order valence-corrected chi connectivity index (χ1v) is 12.2. The molecule has 0 atom stereocenters. The molecule has 0 saturated heterocycles. The van der Waals surface area contributed by atoms with Crippen LogP contribution in [0.1, 0.15) is 22.3 Å². The molecule has 3 aromatic heterocycles. The summed E-state index contributed by atoms with van der Waals surface area (Å²) in [6.07, 6.45) is 3.87. The predicted molar refractivity (Wildman–Crippen MR) is 142 cm³/mol. The van der Waals surface area contributed by atoms with Crippen molar-refractivity contribution in [3.8, 4) is 22.3 Å². The predicted octanol–water partition coefficient (Wildman–Crippen LogP) is 7.33. The Labute approximate surface area is 201 Å². The number of rotatable bonds is 0. The van der Waals surface area contributed by atoms with Crippen molar-refractivity contribution >= 4 is 38.5 Å². The van der Waals surface area contributed by atoms with Gasteiger partial charge < -0.3 is 0 Å². The van der Waals surface area contributed by atoms with Crippen LogP contribution in [-0.2, 0) is 12.8 Å². The Morgan fingerprint density at radius 1 is 0.571 bits per heavy atom. The molecule has 3 heteroatoms. The summed E-state index contributed by atoms with van der Waals surface area (Å²) in [5, 5.41) is 3.60. The van der Waals surface area contributed by atoms with Crippen molar-refractivity contribution in [1.82, 2.24) is 14.4 Å². The number of hydrogen-bond donors (Lipinski definition) is 0. The van der Waals surface area contributed by atoms with Crippen molar-refractivity contribution in [1.29, 1.82) is 0 Å². The fourth-order valence-electron chi connectivity index (χ4n) is 6.57. The molecular formula is C32H19N3. The first kappa shape index (κ1) is 17.9. The Morgan fingerprint density at radius 2 is 1.37 bits per heavy atom. The van der Waals surface area contributed by atoms with Crippen LogP contribution in [0.3, 0.4) is 0 Å². The highest BCUT2D eigenvalue weighted by Crippen LogP contribution is 2.50. The monoisotopic (exact) mass is 445 g/mol. The summed E-state index contributed by atoms with van der Waals surface area (Å²) in [4.78, 5) is 9.92.